The van der Waals surface area contributed by atoms with E-state index in [2.05, 4.69) is 20.6 Å². The highest BCUT2D eigenvalue weighted by Gasteiger charge is 2.12. The molecule has 2 rings (SSSR count). The second-order valence-electron chi connectivity index (χ2n) is 4.52. The summed E-state index contributed by atoms with van der Waals surface area (Å²) in [5.74, 6) is -2.55. The van der Waals surface area contributed by atoms with Crippen LogP contribution < -0.4 is 10.6 Å². The Bertz CT molecular complexity index is 646. The molecule has 21 heavy (non-hydrogen) atoms. The highest BCUT2D eigenvalue weighted by Crippen LogP contribution is 2.24. The normalized spacial score (nSPS) is 10.5. The molecule has 2 aromatic rings. The van der Waals surface area contributed by atoms with Gasteiger partial charge < -0.3 is 10.6 Å². The van der Waals surface area contributed by atoms with Crippen molar-refractivity contribution >= 4 is 17.5 Å². The van der Waals surface area contributed by atoms with Gasteiger partial charge in [-0.15, -0.1) is 0 Å². The van der Waals surface area contributed by atoms with Crippen molar-refractivity contribution < 1.29 is 13.2 Å². The molecule has 0 bridgehead atoms. The number of nitrogens with zero attached hydrogens (tertiary/aromatic N) is 2. The van der Waals surface area contributed by atoms with Crippen LogP contribution >= 0.6 is 0 Å². The van der Waals surface area contributed by atoms with Gasteiger partial charge in [0.2, 0.25) is 5.95 Å². The zero-order chi connectivity index (χ0) is 15.4. The van der Waals surface area contributed by atoms with E-state index in [1.54, 1.807) is 13.1 Å². The number of hydrogen-bond donors (Lipinski definition) is 2. The first-order chi connectivity index (χ1) is 10.0. The Hall–Kier alpha value is -2.31. The van der Waals surface area contributed by atoms with Crippen LogP contribution in [-0.4, -0.2) is 16.5 Å². The van der Waals surface area contributed by atoms with Gasteiger partial charge in [0, 0.05) is 30.4 Å². The maximum absolute atomic E-state index is 13.6. The van der Waals surface area contributed by atoms with E-state index in [0.717, 1.165) is 12.5 Å². The number of nitrogens with one attached hydrogen (secondary N) is 2. The summed E-state index contributed by atoms with van der Waals surface area (Å²) in [7, 11) is 0. The van der Waals surface area contributed by atoms with Crippen LogP contribution in [0.15, 0.2) is 18.3 Å². The van der Waals surface area contributed by atoms with E-state index < -0.39 is 17.5 Å². The lowest BCUT2D eigenvalue weighted by Crippen LogP contribution is -2.07. The fraction of sp³-hybridized carbons (Fsp3) is 0.286. The van der Waals surface area contributed by atoms with Gasteiger partial charge in [0.15, 0.2) is 11.6 Å². The molecule has 0 aliphatic rings. The zero-order valence-electron chi connectivity index (χ0n) is 11.7. The Labute approximate surface area is 120 Å². The van der Waals surface area contributed by atoms with Crippen molar-refractivity contribution in [2.75, 3.05) is 17.2 Å². The molecule has 0 atom stereocenters. The van der Waals surface area contributed by atoms with Crippen LogP contribution in [0, 0.1) is 24.4 Å². The van der Waals surface area contributed by atoms with Gasteiger partial charge in [-0.05, 0) is 13.3 Å². The Kier molecular flexibility index (Phi) is 4.62. The molecule has 4 nitrogen and oxygen atoms in total. The Balaban J connectivity index is 2.28. The number of rotatable bonds is 5. The lowest BCUT2D eigenvalue weighted by Gasteiger charge is -2.11. The SMILES string of the molecule is CCCNc1ncc(C)c(Nc2cc(F)c(F)cc2F)n1. The van der Waals surface area contributed by atoms with E-state index in [9.17, 15) is 13.2 Å². The maximum Gasteiger partial charge on any atom is 0.224 e. The van der Waals surface area contributed by atoms with Gasteiger partial charge in [-0.1, -0.05) is 6.92 Å². The van der Waals surface area contributed by atoms with Crippen molar-refractivity contribution in [1.29, 1.82) is 0 Å². The molecule has 1 aromatic carbocycles. The number of aromatic nitrogens is 2. The molecule has 0 fully saturated rings. The average Bonchev–Trinajstić information content (AvgIpc) is 2.45. The lowest BCUT2D eigenvalue weighted by molar-refractivity contribution is 0.496. The summed E-state index contributed by atoms with van der Waals surface area (Å²) in [4.78, 5) is 8.26. The van der Waals surface area contributed by atoms with Crippen LogP contribution in [0.25, 0.3) is 0 Å². The summed E-state index contributed by atoms with van der Waals surface area (Å²) in [6.07, 6.45) is 2.46. The van der Waals surface area contributed by atoms with E-state index >= 15 is 0 Å². The molecule has 7 heteroatoms. The van der Waals surface area contributed by atoms with E-state index in [0.29, 0.717) is 29.9 Å². The van der Waals surface area contributed by atoms with Gasteiger partial charge in [-0.3, -0.25) is 0 Å². The molecule has 1 heterocycles. The number of benzene rings is 1. The predicted octanol–water partition coefficient (Wildman–Crippen LogP) is 3.77. The van der Waals surface area contributed by atoms with Crippen LogP contribution in [-0.2, 0) is 0 Å². The zero-order valence-corrected chi connectivity index (χ0v) is 11.7. The van der Waals surface area contributed by atoms with Gasteiger partial charge in [0.05, 0.1) is 5.69 Å². The van der Waals surface area contributed by atoms with Crippen LogP contribution in [0.3, 0.4) is 0 Å². The molecular weight excluding hydrogens is 281 g/mol. The second-order valence-corrected chi connectivity index (χ2v) is 4.52. The van der Waals surface area contributed by atoms with Gasteiger partial charge in [0.1, 0.15) is 11.6 Å². The Morgan fingerprint density at radius 1 is 1.10 bits per heavy atom. The Morgan fingerprint density at radius 2 is 1.81 bits per heavy atom. The molecule has 0 amide bonds. The number of aryl methyl sites for hydroxylation is 1. The fourth-order valence-corrected chi connectivity index (χ4v) is 1.64. The molecule has 0 saturated carbocycles. The van der Waals surface area contributed by atoms with Crippen molar-refractivity contribution in [2.45, 2.75) is 20.3 Å². The number of halogens is 3. The number of hydrogen-bond acceptors (Lipinski definition) is 4. The van der Waals surface area contributed by atoms with Crippen LogP contribution in [0.1, 0.15) is 18.9 Å². The standard InChI is InChI=1S/C14H15F3N4/c1-3-4-18-14-19-7-8(2)13(21-14)20-12-6-10(16)9(15)5-11(12)17/h5-7H,3-4H2,1-2H3,(H2,18,19,20,21). The first kappa shape index (κ1) is 15.1. The van der Waals surface area contributed by atoms with Gasteiger partial charge in [0.25, 0.3) is 0 Å². The quantitative estimate of drug-likeness (QED) is 0.825. The van der Waals surface area contributed by atoms with Crippen LogP contribution in [0.2, 0.25) is 0 Å². The third-order valence-corrected chi connectivity index (χ3v) is 2.77. The predicted molar refractivity (Wildman–Crippen MR) is 75.1 cm³/mol. The van der Waals surface area contributed by atoms with Gasteiger partial charge in [-0.2, -0.15) is 4.98 Å². The minimum absolute atomic E-state index is 0.183. The fourth-order valence-electron chi connectivity index (χ4n) is 1.64. The number of anilines is 3. The van der Waals surface area contributed by atoms with E-state index in [1.807, 2.05) is 6.92 Å². The maximum atomic E-state index is 13.6. The van der Waals surface area contributed by atoms with Gasteiger partial charge in [-0.25, -0.2) is 18.2 Å². The third kappa shape index (κ3) is 3.62. The first-order valence-corrected chi connectivity index (χ1v) is 6.50. The lowest BCUT2D eigenvalue weighted by atomic mass is 10.2. The third-order valence-electron chi connectivity index (χ3n) is 2.77. The molecule has 112 valence electrons. The van der Waals surface area contributed by atoms with Crippen molar-refractivity contribution in [3.05, 3.63) is 41.3 Å². The van der Waals surface area contributed by atoms with E-state index in [-0.39, 0.29) is 5.69 Å². The minimum atomic E-state index is -1.23. The molecule has 0 unspecified atom stereocenters. The molecule has 2 N–H and O–H groups in total. The summed E-state index contributed by atoms with van der Waals surface area (Å²) in [6, 6.07) is 1.25. The van der Waals surface area contributed by atoms with Crippen LogP contribution in [0.4, 0.5) is 30.6 Å². The molecular formula is C14H15F3N4. The smallest absolute Gasteiger partial charge is 0.224 e. The van der Waals surface area contributed by atoms with Gasteiger partial charge >= 0.3 is 0 Å². The topological polar surface area (TPSA) is 49.8 Å². The summed E-state index contributed by atoms with van der Waals surface area (Å²) in [6.45, 7) is 4.42. The molecule has 1 aromatic heterocycles. The molecule has 0 spiro atoms. The average molecular weight is 296 g/mol. The molecule has 0 radical (unpaired) electrons. The monoisotopic (exact) mass is 296 g/mol. The highest BCUT2D eigenvalue weighted by molar-refractivity contribution is 5.60. The molecule has 0 saturated heterocycles. The van der Waals surface area contributed by atoms with Crippen molar-refractivity contribution in [3.8, 4) is 0 Å². The second kappa shape index (κ2) is 6.43. The van der Waals surface area contributed by atoms with Crippen molar-refractivity contribution in [1.82, 2.24) is 9.97 Å². The van der Waals surface area contributed by atoms with Crippen molar-refractivity contribution in [2.24, 2.45) is 0 Å². The summed E-state index contributed by atoms with van der Waals surface area (Å²) < 4.78 is 39.7. The van der Waals surface area contributed by atoms with Crippen molar-refractivity contribution in [3.63, 3.8) is 0 Å². The largest absolute Gasteiger partial charge is 0.354 e. The Morgan fingerprint density at radius 3 is 2.52 bits per heavy atom. The van der Waals surface area contributed by atoms with E-state index in [4.69, 9.17) is 0 Å². The summed E-state index contributed by atoms with van der Waals surface area (Å²) in [5, 5.41) is 5.65. The van der Waals surface area contributed by atoms with E-state index in [1.165, 1.54) is 0 Å². The first-order valence-electron chi connectivity index (χ1n) is 6.50. The highest BCUT2D eigenvalue weighted by atomic mass is 19.2. The minimum Gasteiger partial charge on any atom is -0.354 e. The summed E-state index contributed by atoms with van der Waals surface area (Å²) in [5.41, 5.74) is 0.471. The molecule has 0 aliphatic carbocycles. The summed E-state index contributed by atoms with van der Waals surface area (Å²) >= 11 is 0. The molecule has 0 aliphatic heterocycles. The van der Waals surface area contributed by atoms with Crippen LogP contribution in [0.5, 0.6) is 0 Å².